The van der Waals surface area contributed by atoms with Crippen LogP contribution in [0.5, 0.6) is 0 Å². The Morgan fingerprint density at radius 1 is 0.929 bits per heavy atom. The van der Waals surface area contributed by atoms with Crippen molar-refractivity contribution in [2.45, 2.75) is 25.9 Å². The maximum atomic E-state index is 12.1. The van der Waals surface area contributed by atoms with Crippen LogP contribution in [0, 0.1) is 0 Å². The first-order valence-electron chi connectivity index (χ1n) is 9.31. The van der Waals surface area contributed by atoms with Gasteiger partial charge >= 0.3 is 0 Å². The minimum absolute atomic E-state index is 0.120. The lowest BCUT2D eigenvalue weighted by Gasteiger charge is -2.14. The Hall–Kier alpha value is -2.08. The van der Waals surface area contributed by atoms with E-state index in [1.807, 2.05) is 12.1 Å². The van der Waals surface area contributed by atoms with Crippen LogP contribution in [0.4, 0.5) is 0 Å². The fourth-order valence-corrected chi connectivity index (χ4v) is 3.65. The predicted octanol–water partition coefficient (Wildman–Crippen LogP) is 3.64. The Labute approximate surface area is 175 Å². The quantitative estimate of drug-likeness (QED) is 0.719. The van der Waals surface area contributed by atoms with Gasteiger partial charge in [0, 0.05) is 18.1 Å². The van der Waals surface area contributed by atoms with E-state index < -0.39 is 5.91 Å². The van der Waals surface area contributed by atoms with Gasteiger partial charge in [-0.05, 0) is 55.3 Å². The molecule has 28 heavy (non-hydrogen) atoms. The van der Waals surface area contributed by atoms with E-state index in [-0.39, 0.29) is 23.0 Å². The number of hydrogen-bond donors (Lipinski definition) is 2. The summed E-state index contributed by atoms with van der Waals surface area (Å²) >= 11 is 11.8. The molecular weight excluding hydrogens is 397 g/mol. The number of nitrogens with zero attached hydrogens (tertiary/aromatic N) is 1. The third-order valence-corrected chi connectivity index (χ3v) is 5.25. The molecule has 0 aliphatic carbocycles. The highest BCUT2D eigenvalue weighted by molar-refractivity contribution is 6.36. The van der Waals surface area contributed by atoms with Gasteiger partial charge in [-0.3, -0.25) is 14.5 Å². The third kappa shape index (κ3) is 5.96. The molecule has 2 aromatic rings. The highest BCUT2D eigenvalue weighted by Gasteiger charge is 2.13. The molecule has 0 aromatic heterocycles. The number of rotatable bonds is 7. The molecule has 1 heterocycles. The standard InChI is InChI=1S/C21H23Cl2N3O2/c22-17-7-8-18(19(23)11-17)21(28)25-13-20(27)24-12-15-3-5-16(6-4-15)14-26-9-1-2-10-26/h3-8,11H,1-2,9-10,12-14H2,(H,24,27)(H,25,28). The molecule has 1 fully saturated rings. The molecule has 2 aromatic carbocycles. The van der Waals surface area contributed by atoms with Gasteiger partial charge in [-0.25, -0.2) is 0 Å². The summed E-state index contributed by atoms with van der Waals surface area (Å²) in [4.78, 5) is 26.6. The smallest absolute Gasteiger partial charge is 0.253 e. The molecule has 7 heteroatoms. The van der Waals surface area contributed by atoms with Crippen molar-refractivity contribution in [1.82, 2.24) is 15.5 Å². The number of benzene rings is 2. The second-order valence-electron chi connectivity index (χ2n) is 6.88. The van der Waals surface area contributed by atoms with E-state index in [1.165, 1.54) is 43.6 Å². The Balaban J connectivity index is 1.41. The van der Waals surface area contributed by atoms with Crippen LogP contribution in [0.3, 0.4) is 0 Å². The Morgan fingerprint density at radius 3 is 2.29 bits per heavy atom. The predicted molar refractivity (Wildman–Crippen MR) is 112 cm³/mol. The molecular formula is C21H23Cl2N3O2. The van der Waals surface area contributed by atoms with Gasteiger partial charge in [0.1, 0.15) is 0 Å². The number of amides is 2. The van der Waals surface area contributed by atoms with Crippen LogP contribution in [0.25, 0.3) is 0 Å². The Morgan fingerprint density at radius 2 is 1.61 bits per heavy atom. The summed E-state index contributed by atoms with van der Waals surface area (Å²) in [5.41, 5.74) is 2.59. The van der Waals surface area contributed by atoms with Crippen molar-refractivity contribution < 1.29 is 9.59 Å². The van der Waals surface area contributed by atoms with E-state index >= 15 is 0 Å². The van der Waals surface area contributed by atoms with Crippen molar-refractivity contribution in [3.8, 4) is 0 Å². The summed E-state index contributed by atoms with van der Waals surface area (Å²) < 4.78 is 0. The zero-order valence-corrected chi connectivity index (χ0v) is 17.0. The van der Waals surface area contributed by atoms with E-state index in [0.29, 0.717) is 11.6 Å². The van der Waals surface area contributed by atoms with E-state index in [2.05, 4.69) is 27.7 Å². The molecule has 0 atom stereocenters. The lowest BCUT2D eigenvalue weighted by atomic mass is 10.1. The van der Waals surface area contributed by atoms with Crippen LogP contribution in [-0.2, 0) is 17.9 Å². The molecule has 5 nitrogen and oxygen atoms in total. The number of likely N-dealkylation sites (tertiary alicyclic amines) is 1. The Kier molecular flexibility index (Phi) is 7.31. The zero-order chi connectivity index (χ0) is 19.9. The summed E-state index contributed by atoms with van der Waals surface area (Å²) in [6.07, 6.45) is 2.57. The lowest BCUT2D eigenvalue weighted by molar-refractivity contribution is -0.120. The summed E-state index contributed by atoms with van der Waals surface area (Å²) in [6, 6.07) is 12.9. The molecule has 3 rings (SSSR count). The molecule has 0 unspecified atom stereocenters. The zero-order valence-electron chi connectivity index (χ0n) is 15.5. The van der Waals surface area contributed by atoms with Gasteiger partial charge in [0.05, 0.1) is 17.1 Å². The third-order valence-electron chi connectivity index (χ3n) is 4.70. The topological polar surface area (TPSA) is 61.4 Å². The van der Waals surface area contributed by atoms with Crippen molar-refractivity contribution in [3.05, 3.63) is 69.2 Å². The van der Waals surface area contributed by atoms with E-state index in [9.17, 15) is 9.59 Å². The van der Waals surface area contributed by atoms with Gasteiger partial charge < -0.3 is 10.6 Å². The molecule has 2 N–H and O–H groups in total. The van der Waals surface area contributed by atoms with Crippen molar-refractivity contribution in [2.24, 2.45) is 0 Å². The van der Waals surface area contributed by atoms with E-state index in [4.69, 9.17) is 23.2 Å². The van der Waals surface area contributed by atoms with Gasteiger partial charge in [0.2, 0.25) is 5.91 Å². The monoisotopic (exact) mass is 419 g/mol. The summed E-state index contributed by atoms with van der Waals surface area (Å²) in [7, 11) is 0. The molecule has 0 radical (unpaired) electrons. The van der Waals surface area contributed by atoms with Crippen molar-refractivity contribution in [3.63, 3.8) is 0 Å². The minimum Gasteiger partial charge on any atom is -0.350 e. The average molecular weight is 420 g/mol. The molecule has 0 spiro atoms. The molecule has 148 valence electrons. The SMILES string of the molecule is O=C(CNC(=O)c1ccc(Cl)cc1Cl)NCc1ccc(CN2CCCC2)cc1. The van der Waals surface area contributed by atoms with Crippen LogP contribution in [0.2, 0.25) is 10.0 Å². The highest BCUT2D eigenvalue weighted by atomic mass is 35.5. The fraction of sp³-hybridized carbons (Fsp3) is 0.333. The summed E-state index contributed by atoms with van der Waals surface area (Å²) in [5, 5.41) is 6.06. The highest BCUT2D eigenvalue weighted by Crippen LogP contribution is 2.20. The van der Waals surface area contributed by atoms with Crippen molar-refractivity contribution in [1.29, 1.82) is 0 Å². The fourth-order valence-electron chi connectivity index (χ4n) is 3.15. The maximum Gasteiger partial charge on any atom is 0.253 e. The van der Waals surface area contributed by atoms with Crippen LogP contribution in [-0.4, -0.2) is 36.3 Å². The molecule has 0 bridgehead atoms. The van der Waals surface area contributed by atoms with Gasteiger partial charge in [-0.1, -0.05) is 47.5 Å². The van der Waals surface area contributed by atoms with Gasteiger partial charge in [0.25, 0.3) is 5.91 Å². The number of carbonyl (C=O) groups excluding carboxylic acids is 2. The number of carbonyl (C=O) groups is 2. The maximum absolute atomic E-state index is 12.1. The minimum atomic E-state index is -0.414. The molecule has 2 amide bonds. The first-order chi connectivity index (χ1) is 13.5. The molecule has 1 aliphatic rings. The second-order valence-corrected chi connectivity index (χ2v) is 7.73. The van der Waals surface area contributed by atoms with Crippen LogP contribution in [0.15, 0.2) is 42.5 Å². The number of halogens is 2. The lowest BCUT2D eigenvalue weighted by Crippen LogP contribution is -2.36. The van der Waals surface area contributed by atoms with Crippen LogP contribution < -0.4 is 10.6 Å². The first-order valence-corrected chi connectivity index (χ1v) is 10.1. The number of nitrogens with one attached hydrogen (secondary N) is 2. The Bertz CT molecular complexity index is 834. The first kappa shape index (κ1) is 20.6. The van der Waals surface area contributed by atoms with Crippen LogP contribution >= 0.6 is 23.2 Å². The number of hydrogen-bond acceptors (Lipinski definition) is 3. The van der Waals surface area contributed by atoms with E-state index in [1.54, 1.807) is 6.07 Å². The summed E-state index contributed by atoms with van der Waals surface area (Å²) in [5.74, 6) is -0.678. The normalized spacial score (nSPS) is 14.1. The second kappa shape index (κ2) is 9.92. The molecule has 1 saturated heterocycles. The van der Waals surface area contributed by atoms with Crippen LogP contribution in [0.1, 0.15) is 34.3 Å². The van der Waals surface area contributed by atoms with Gasteiger partial charge in [-0.15, -0.1) is 0 Å². The average Bonchev–Trinajstić information content (AvgIpc) is 3.18. The van der Waals surface area contributed by atoms with Crippen molar-refractivity contribution in [2.75, 3.05) is 19.6 Å². The van der Waals surface area contributed by atoms with Gasteiger partial charge in [0.15, 0.2) is 0 Å². The van der Waals surface area contributed by atoms with E-state index in [0.717, 1.165) is 12.1 Å². The summed E-state index contributed by atoms with van der Waals surface area (Å²) in [6.45, 7) is 3.62. The largest absolute Gasteiger partial charge is 0.350 e. The van der Waals surface area contributed by atoms with Gasteiger partial charge in [-0.2, -0.15) is 0 Å². The molecule has 1 aliphatic heterocycles. The molecule has 0 saturated carbocycles. The van der Waals surface area contributed by atoms with Crippen molar-refractivity contribution >= 4 is 35.0 Å².